The van der Waals surface area contributed by atoms with Crippen molar-refractivity contribution in [3.8, 4) is 0 Å². The molecule has 4 amide bonds. The number of aryl methyl sites for hydroxylation is 1. The predicted molar refractivity (Wildman–Crippen MR) is 118 cm³/mol. The van der Waals surface area contributed by atoms with Crippen molar-refractivity contribution in [1.82, 2.24) is 19.2 Å². The summed E-state index contributed by atoms with van der Waals surface area (Å²) in [7, 11) is -3.50. The number of hydrogen-bond donors (Lipinski definition) is 2. The van der Waals surface area contributed by atoms with Crippen LogP contribution in [0, 0.1) is 0 Å². The quantitative estimate of drug-likeness (QED) is 0.440. The van der Waals surface area contributed by atoms with Crippen LogP contribution in [0.5, 0.6) is 0 Å². The molecular formula is C22H28N4O6S. The highest BCUT2D eigenvalue weighted by Crippen LogP contribution is 2.28. The highest BCUT2D eigenvalue weighted by molar-refractivity contribution is 7.87. The molecule has 0 aliphatic carbocycles. The molecule has 1 aromatic carbocycles. The van der Waals surface area contributed by atoms with Gasteiger partial charge in [-0.3, -0.25) is 29.4 Å². The Kier molecular flexibility index (Phi) is 6.91. The SMILES string of the molecule is O=C1CCC(N2C(=O)c3ccc(CCCNS(=O)(=O)N4CCCCCC4)cc3C2=O)C(=O)N1. The summed E-state index contributed by atoms with van der Waals surface area (Å²) in [5, 5.41) is 2.18. The minimum Gasteiger partial charge on any atom is -0.295 e. The zero-order valence-electron chi connectivity index (χ0n) is 18.3. The van der Waals surface area contributed by atoms with Crippen LogP contribution in [0.2, 0.25) is 0 Å². The molecule has 11 heteroatoms. The fraction of sp³-hybridized carbons (Fsp3) is 0.545. The number of amides is 4. The lowest BCUT2D eigenvalue weighted by atomic mass is 10.0. The molecule has 1 unspecified atom stereocenters. The van der Waals surface area contributed by atoms with E-state index in [2.05, 4.69) is 10.0 Å². The van der Waals surface area contributed by atoms with Gasteiger partial charge in [0.25, 0.3) is 22.0 Å². The van der Waals surface area contributed by atoms with E-state index in [-0.39, 0.29) is 30.5 Å². The minimum atomic E-state index is -3.50. The Morgan fingerprint density at radius 2 is 1.67 bits per heavy atom. The van der Waals surface area contributed by atoms with Gasteiger partial charge in [-0.15, -0.1) is 0 Å². The number of imide groups is 2. The van der Waals surface area contributed by atoms with Gasteiger partial charge in [-0.2, -0.15) is 12.7 Å². The molecule has 33 heavy (non-hydrogen) atoms. The summed E-state index contributed by atoms with van der Waals surface area (Å²) in [6, 6.07) is 3.94. The van der Waals surface area contributed by atoms with Gasteiger partial charge in [0.1, 0.15) is 6.04 Å². The number of fused-ring (bicyclic) bond motifs is 1. The highest BCUT2D eigenvalue weighted by atomic mass is 32.2. The van der Waals surface area contributed by atoms with Crippen LogP contribution in [0.3, 0.4) is 0 Å². The second-order valence-corrected chi connectivity index (χ2v) is 10.4. The molecule has 4 rings (SSSR count). The Labute approximate surface area is 192 Å². The molecule has 0 bridgehead atoms. The number of nitrogens with zero attached hydrogens (tertiary/aromatic N) is 2. The van der Waals surface area contributed by atoms with Crippen LogP contribution in [0.4, 0.5) is 0 Å². The number of piperidine rings is 1. The maximum atomic E-state index is 12.9. The van der Waals surface area contributed by atoms with Crippen molar-refractivity contribution in [2.24, 2.45) is 0 Å². The first-order chi connectivity index (χ1) is 15.8. The molecule has 2 N–H and O–H groups in total. The van der Waals surface area contributed by atoms with Crippen LogP contribution in [-0.2, 0) is 26.2 Å². The fourth-order valence-electron chi connectivity index (χ4n) is 4.54. The molecule has 0 radical (unpaired) electrons. The van der Waals surface area contributed by atoms with Crippen LogP contribution in [0.25, 0.3) is 0 Å². The van der Waals surface area contributed by atoms with Gasteiger partial charge in [-0.25, -0.2) is 4.72 Å². The molecular weight excluding hydrogens is 448 g/mol. The van der Waals surface area contributed by atoms with Gasteiger partial charge < -0.3 is 0 Å². The van der Waals surface area contributed by atoms with Gasteiger partial charge in [-0.1, -0.05) is 18.9 Å². The molecule has 3 aliphatic heterocycles. The van der Waals surface area contributed by atoms with Gasteiger partial charge in [-0.05, 0) is 49.8 Å². The summed E-state index contributed by atoms with van der Waals surface area (Å²) >= 11 is 0. The second kappa shape index (κ2) is 9.70. The van der Waals surface area contributed by atoms with Crippen molar-refractivity contribution in [3.05, 3.63) is 34.9 Å². The average molecular weight is 477 g/mol. The van der Waals surface area contributed by atoms with Gasteiger partial charge in [0.05, 0.1) is 11.1 Å². The summed E-state index contributed by atoms with van der Waals surface area (Å²) < 4.78 is 29.1. The van der Waals surface area contributed by atoms with Crippen molar-refractivity contribution in [3.63, 3.8) is 0 Å². The zero-order valence-corrected chi connectivity index (χ0v) is 19.2. The second-order valence-electron chi connectivity index (χ2n) is 8.64. The zero-order chi connectivity index (χ0) is 23.6. The lowest BCUT2D eigenvalue weighted by Crippen LogP contribution is -2.54. The van der Waals surface area contributed by atoms with Crippen LogP contribution >= 0.6 is 0 Å². The molecule has 178 valence electrons. The van der Waals surface area contributed by atoms with Gasteiger partial charge in [0, 0.05) is 26.1 Å². The van der Waals surface area contributed by atoms with Crippen LogP contribution in [0.1, 0.15) is 71.2 Å². The van der Waals surface area contributed by atoms with E-state index in [1.165, 1.54) is 4.31 Å². The number of carbonyl (C=O) groups is 4. The Morgan fingerprint density at radius 3 is 2.36 bits per heavy atom. The van der Waals surface area contributed by atoms with E-state index in [0.29, 0.717) is 25.9 Å². The molecule has 10 nitrogen and oxygen atoms in total. The predicted octanol–water partition coefficient (Wildman–Crippen LogP) is 0.731. The molecule has 0 aromatic heterocycles. The summed E-state index contributed by atoms with van der Waals surface area (Å²) in [4.78, 5) is 50.1. The minimum absolute atomic E-state index is 0.0718. The third-order valence-electron chi connectivity index (χ3n) is 6.34. The lowest BCUT2D eigenvalue weighted by Gasteiger charge is -2.27. The molecule has 3 heterocycles. The van der Waals surface area contributed by atoms with Crippen molar-refractivity contribution in [1.29, 1.82) is 0 Å². The normalized spacial score (nSPS) is 22.3. The Morgan fingerprint density at radius 1 is 0.970 bits per heavy atom. The molecule has 0 saturated carbocycles. The monoisotopic (exact) mass is 476 g/mol. The van der Waals surface area contributed by atoms with E-state index in [1.807, 2.05) is 0 Å². The molecule has 3 aliphatic rings. The Bertz CT molecular complexity index is 1080. The summed E-state index contributed by atoms with van der Waals surface area (Å²) in [5.41, 5.74) is 1.26. The van der Waals surface area contributed by atoms with Crippen molar-refractivity contribution < 1.29 is 27.6 Å². The third kappa shape index (κ3) is 4.99. The highest BCUT2D eigenvalue weighted by Gasteiger charge is 2.44. The summed E-state index contributed by atoms with van der Waals surface area (Å²) in [6.07, 6.45) is 5.08. The summed E-state index contributed by atoms with van der Waals surface area (Å²) in [5.74, 6) is -2.14. The lowest BCUT2D eigenvalue weighted by molar-refractivity contribution is -0.136. The molecule has 0 spiro atoms. The van der Waals surface area contributed by atoms with Gasteiger partial charge in [0.2, 0.25) is 11.8 Å². The number of rotatable bonds is 7. The average Bonchev–Trinajstić information content (AvgIpc) is 2.97. The standard InChI is InChI=1S/C22H28N4O6S/c27-19-10-9-18(20(28)24-19)26-21(29)16-8-7-15(14-17(16)22(26)30)6-5-11-23-33(31,32)25-12-3-1-2-4-13-25/h7-8,14,18,23H,1-6,9-13H2,(H,24,27,28). The van der Waals surface area contributed by atoms with Crippen LogP contribution in [0.15, 0.2) is 18.2 Å². The number of carbonyl (C=O) groups excluding carboxylic acids is 4. The van der Waals surface area contributed by atoms with E-state index < -0.39 is 39.9 Å². The topological polar surface area (TPSA) is 133 Å². The largest absolute Gasteiger partial charge is 0.295 e. The van der Waals surface area contributed by atoms with Crippen LogP contribution < -0.4 is 10.0 Å². The Balaban J connectivity index is 1.35. The van der Waals surface area contributed by atoms with Crippen molar-refractivity contribution in [2.75, 3.05) is 19.6 Å². The first-order valence-corrected chi connectivity index (χ1v) is 12.8. The van der Waals surface area contributed by atoms with Crippen LogP contribution in [-0.4, -0.2) is 66.9 Å². The van der Waals surface area contributed by atoms with E-state index >= 15 is 0 Å². The first-order valence-electron chi connectivity index (χ1n) is 11.4. The Hall–Kier alpha value is -2.63. The molecule has 2 fully saturated rings. The number of hydrogen-bond acceptors (Lipinski definition) is 6. The molecule has 1 atom stereocenters. The number of benzene rings is 1. The van der Waals surface area contributed by atoms with Gasteiger partial charge >= 0.3 is 0 Å². The van der Waals surface area contributed by atoms with E-state index in [9.17, 15) is 27.6 Å². The molecule has 1 aromatic rings. The van der Waals surface area contributed by atoms with E-state index in [0.717, 1.165) is 36.1 Å². The van der Waals surface area contributed by atoms with E-state index in [4.69, 9.17) is 0 Å². The fourth-order valence-corrected chi connectivity index (χ4v) is 5.86. The van der Waals surface area contributed by atoms with E-state index in [1.54, 1.807) is 18.2 Å². The van der Waals surface area contributed by atoms with Gasteiger partial charge in [0.15, 0.2) is 0 Å². The van der Waals surface area contributed by atoms with Crippen molar-refractivity contribution >= 4 is 33.8 Å². The maximum Gasteiger partial charge on any atom is 0.279 e. The smallest absolute Gasteiger partial charge is 0.279 e. The maximum absolute atomic E-state index is 12.9. The molecule has 2 saturated heterocycles. The first kappa shape index (κ1) is 23.5. The number of nitrogens with one attached hydrogen (secondary N) is 2. The third-order valence-corrected chi connectivity index (χ3v) is 7.95. The van der Waals surface area contributed by atoms with Crippen molar-refractivity contribution in [2.45, 2.75) is 57.4 Å². The summed E-state index contributed by atoms with van der Waals surface area (Å²) in [6.45, 7) is 1.35.